The van der Waals surface area contributed by atoms with E-state index in [2.05, 4.69) is 39.5 Å². The molecular weight excluding hydrogens is 334 g/mol. The minimum Gasteiger partial charge on any atom is -0.387 e. The summed E-state index contributed by atoms with van der Waals surface area (Å²) in [6, 6.07) is 1.94. The van der Waals surface area contributed by atoms with Gasteiger partial charge >= 0.3 is 0 Å². The second-order valence-electron chi connectivity index (χ2n) is 7.31. The maximum atomic E-state index is 10.7. The van der Waals surface area contributed by atoms with E-state index in [0.29, 0.717) is 31.5 Å². The second kappa shape index (κ2) is 9.89. The predicted octanol–water partition coefficient (Wildman–Crippen LogP) is 0.936. The van der Waals surface area contributed by atoms with E-state index in [-0.39, 0.29) is 0 Å². The topological polar surface area (TPSA) is 95.2 Å². The number of nitrogens with zero attached hydrogens (tertiary/aromatic N) is 3. The monoisotopic (exact) mass is 367 g/mol. The molecule has 0 radical (unpaired) electrons. The van der Waals surface area contributed by atoms with Crippen LogP contribution in [0.5, 0.6) is 0 Å². The summed E-state index contributed by atoms with van der Waals surface area (Å²) in [6.07, 6.45) is 0. The molecule has 0 bridgehead atoms. The van der Waals surface area contributed by atoms with Crippen molar-refractivity contribution in [2.45, 2.75) is 45.8 Å². The maximum absolute atomic E-state index is 10.7. The predicted molar refractivity (Wildman–Crippen MR) is 101 cm³/mol. The molecule has 0 spiro atoms. The number of ether oxygens (including phenoxy) is 1. The first-order chi connectivity index (χ1) is 12.4. The molecule has 1 aliphatic rings. The maximum Gasteiger partial charge on any atom is 0.191 e. The quantitative estimate of drug-likeness (QED) is 0.465. The molecule has 8 heteroatoms. The summed E-state index contributed by atoms with van der Waals surface area (Å²) in [7, 11) is 0. The highest BCUT2D eigenvalue weighted by Gasteiger charge is 2.25. The third kappa shape index (κ3) is 6.93. The van der Waals surface area contributed by atoms with Crippen molar-refractivity contribution < 1.29 is 14.4 Å². The van der Waals surface area contributed by atoms with Crippen LogP contribution in [0.3, 0.4) is 0 Å². The molecule has 26 heavy (non-hydrogen) atoms. The highest BCUT2D eigenvalue weighted by atomic mass is 16.5. The number of rotatable bonds is 8. The molecule has 0 aromatic carbocycles. The van der Waals surface area contributed by atoms with E-state index >= 15 is 0 Å². The number of nitrogens with one attached hydrogen (secondary N) is 2. The van der Waals surface area contributed by atoms with E-state index in [1.807, 2.05) is 19.9 Å². The van der Waals surface area contributed by atoms with Gasteiger partial charge in [0.1, 0.15) is 6.54 Å². The summed E-state index contributed by atoms with van der Waals surface area (Å²) in [6.45, 7) is 13.3. The molecule has 2 rings (SSSR count). The summed E-state index contributed by atoms with van der Waals surface area (Å²) >= 11 is 0. The smallest absolute Gasteiger partial charge is 0.191 e. The van der Waals surface area contributed by atoms with Gasteiger partial charge in [0.25, 0.3) is 0 Å². The van der Waals surface area contributed by atoms with Crippen molar-refractivity contribution in [3.63, 3.8) is 0 Å². The number of aromatic nitrogens is 1. The van der Waals surface area contributed by atoms with E-state index in [1.54, 1.807) is 0 Å². The molecule has 0 aliphatic carbocycles. The molecule has 1 unspecified atom stereocenters. The molecule has 0 amide bonds. The van der Waals surface area contributed by atoms with E-state index in [4.69, 9.17) is 9.26 Å². The molecule has 1 aromatic heterocycles. The van der Waals surface area contributed by atoms with Crippen molar-refractivity contribution in [3.05, 3.63) is 17.5 Å². The molecular formula is C18H33N5O3. The minimum absolute atomic E-state index is 0.332. The van der Waals surface area contributed by atoms with Gasteiger partial charge in [-0.2, -0.15) is 0 Å². The van der Waals surface area contributed by atoms with Gasteiger partial charge in [-0.1, -0.05) is 19.0 Å². The second-order valence-corrected chi connectivity index (χ2v) is 7.31. The zero-order chi connectivity index (χ0) is 19.0. The van der Waals surface area contributed by atoms with Crippen LogP contribution in [0.15, 0.2) is 15.6 Å². The number of hydrogen-bond acceptors (Lipinski definition) is 6. The summed E-state index contributed by atoms with van der Waals surface area (Å²) in [4.78, 5) is 6.74. The average Bonchev–Trinajstić information content (AvgIpc) is 3.07. The zero-order valence-corrected chi connectivity index (χ0v) is 16.4. The summed E-state index contributed by atoms with van der Waals surface area (Å²) in [5.74, 6) is 1.71. The number of aliphatic imine (C=N–C) groups is 1. The first-order valence-electron chi connectivity index (χ1n) is 9.40. The fourth-order valence-electron chi connectivity index (χ4n) is 2.75. The van der Waals surface area contributed by atoms with Crippen molar-refractivity contribution in [1.82, 2.24) is 20.7 Å². The molecule has 0 saturated carbocycles. The molecule has 1 aromatic rings. The van der Waals surface area contributed by atoms with Crippen molar-refractivity contribution >= 4 is 5.96 Å². The first-order valence-corrected chi connectivity index (χ1v) is 9.40. The van der Waals surface area contributed by atoms with Crippen LogP contribution in [0.1, 0.15) is 45.1 Å². The van der Waals surface area contributed by atoms with Gasteiger partial charge < -0.3 is 25.0 Å². The van der Waals surface area contributed by atoms with Crippen LogP contribution in [-0.2, 0) is 11.3 Å². The summed E-state index contributed by atoms with van der Waals surface area (Å²) < 4.78 is 10.7. The molecule has 1 saturated heterocycles. The Labute approximate surface area is 156 Å². The van der Waals surface area contributed by atoms with Crippen LogP contribution in [0.4, 0.5) is 0 Å². The van der Waals surface area contributed by atoms with Gasteiger partial charge in [-0.15, -0.1) is 0 Å². The molecule has 8 nitrogen and oxygen atoms in total. The molecule has 2 heterocycles. The fraction of sp³-hybridized carbons (Fsp3) is 0.778. The lowest BCUT2D eigenvalue weighted by Crippen LogP contribution is -2.52. The molecule has 1 atom stereocenters. The first kappa shape index (κ1) is 20.7. The summed E-state index contributed by atoms with van der Waals surface area (Å²) in [5.41, 5.74) is 0.0755. The Bertz CT molecular complexity index is 565. The van der Waals surface area contributed by atoms with E-state index in [9.17, 15) is 5.11 Å². The van der Waals surface area contributed by atoms with Crippen LogP contribution in [0.2, 0.25) is 0 Å². The number of hydrogen-bond donors (Lipinski definition) is 3. The Kier molecular flexibility index (Phi) is 7.86. The zero-order valence-electron chi connectivity index (χ0n) is 16.4. The Morgan fingerprint density at radius 2 is 2.12 bits per heavy atom. The molecule has 148 valence electrons. The van der Waals surface area contributed by atoms with Gasteiger partial charge in [0.05, 0.1) is 24.5 Å². The van der Waals surface area contributed by atoms with Crippen molar-refractivity contribution in [1.29, 1.82) is 0 Å². The van der Waals surface area contributed by atoms with Crippen LogP contribution in [0, 0.1) is 0 Å². The fourth-order valence-corrected chi connectivity index (χ4v) is 2.75. The van der Waals surface area contributed by atoms with Crippen LogP contribution >= 0.6 is 0 Å². The largest absolute Gasteiger partial charge is 0.387 e. The standard InChI is InChI=1S/C18H33N5O3/c1-5-19-17(20-11-15-10-16(14(2)3)22-26-15)21-12-18(4,24)13-23-6-8-25-9-7-23/h10,14,24H,5-9,11-13H2,1-4H3,(H2,19,20,21). The number of guanidine groups is 1. The Hall–Kier alpha value is -1.64. The van der Waals surface area contributed by atoms with Gasteiger partial charge in [-0.25, -0.2) is 4.99 Å². The molecule has 1 fully saturated rings. The van der Waals surface area contributed by atoms with Crippen LogP contribution in [-0.4, -0.2) is 72.7 Å². The molecule has 3 N–H and O–H groups in total. The van der Waals surface area contributed by atoms with Gasteiger partial charge in [-0.05, 0) is 19.8 Å². The van der Waals surface area contributed by atoms with Crippen LogP contribution in [0.25, 0.3) is 0 Å². The Morgan fingerprint density at radius 1 is 1.38 bits per heavy atom. The lowest BCUT2D eigenvalue weighted by molar-refractivity contribution is -0.0201. The van der Waals surface area contributed by atoms with Gasteiger partial charge in [0, 0.05) is 38.8 Å². The normalized spacial score (nSPS) is 18.8. The molecule has 1 aliphatic heterocycles. The van der Waals surface area contributed by atoms with Crippen molar-refractivity contribution in [2.75, 3.05) is 45.9 Å². The van der Waals surface area contributed by atoms with Gasteiger partial charge in [0.15, 0.2) is 11.7 Å². The highest BCUT2D eigenvalue weighted by Crippen LogP contribution is 2.14. The summed E-state index contributed by atoms with van der Waals surface area (Å²) in [5, 5.41) is 21.1. The lowest BCUT2D eigenvalue weighted by Gasteiger charge is -2.34. The lowest BCUT2D eigenvalue weighted by atomic mass is 10.1. The Balaban J connectivity index is 1.87. The SMILES string of the molecule is CCNC(=NCc1cc(C(C)C)no1)NCC(C)(O)CN1CCOCC1. The van der Waals surface area contributed by atoms with Crippen molar-refractivity contribution in [3.8, 4) is 0 Å². The van der Waals surface area contributed by atoms with Gasteiger partial charge in [0.2, 0.25) is 0 Å². The highest BCUT2D eigenvalue weighted by molar-refractivity contribution is 5.79. The number of β-amino-alcohol motifs (C(OH)–C–C–N with tert-alkyl or cyclic N) is 1. The van der Waals surface area contributed by atoms with E-state index < -0.39 is 5.60 Å². The number of morpholine rings is 1. The average molecular weight is 367 g/mol. The van der Waals surface area contributed by atoms with Crippen molar-refractivity contribution in [2.24, 2.45) is 4.99 Å². The number of aliphatic hydroxyl groups is 1. The van der Waals surface area contributed by atoms with E-state index in [1.165, 1.54) is 0 Å². The van der Waals surface area contributed by atoms with E-state index in [0.717, 1.165) is 44.3 Å². The Morgan fingerprint density at radius 3 is 2.73 bits per heavy atom. The van der Waals surface area contributed by atoms with Crippen LogP contribution < -0.4 is 10.6 Å². The third-order valence-corrected chi connectivity index (χ3v) is 4.21. The third-order valence-electron chi connectivity index (χ3n) is 4.21. The minimum atomic E-state index is -0.857. The van der Waals surface area contributed by atoms with Gasteiger partial charge in [-0.3, -0.25) is 4.90 Å².